The maximum atomic E-state index is 12.6. The van der Waals surface area contributed by atoms with Crippen molar-refractivity contribution < 1.29 is 9.53 Å². The first-order valence-corrected chi connectivity index (χ1v) is 8.95. The maximum absolute atomic E-state index is 12.6. The van der Waals surface area contributed by atoms with E-state index in [4.69, 9.17) is 4.74 Å². The van der Waals surface area contributed by atoms with Gasteiger partial charge in [0.2, 0.25) is 5.91 Å². The summed E-state index contributed by atoms with van der Waals surface area (Å²) in [5.74, 6) is 1.79. The van der Waals surface area contributed by atoms with Gasteiger partial charge in [0.25, 0.3) is 0 Å². The van der Waals surface area contributed by atoms with Gasteiger partial charge in [0, 0.05) is 31.4 Å². The topological polar surface area (TPSA) is 47.4 Å². The number of piperidine rings is 1. The molecule has 3 rings (SSSR count). The molecule has 1 amide bonds. The molecule has 1 aliphatic rings. The zero-order valence-electron chi connectivity index (χ0n) is 15.4. The zero-order valence-corrected chi connectivity index (χ0v) is 15.4. The number of rotatable bonds is 5. The summed E-state index contributed by atoms with van der Waals surface area (Å²) in [7, 11) is 3.63. The Hall–Kier alpha value is -2.30. The van der Waals surface area contributed by atoms with Crippen molar-refractivity contribution in [3.05, 3.63) is 47.3 Å². The number of amides is 1. The number of benzene rings is 1. The summed E-state index contributed by atoms with van der Waals surface area (Å²) >= 11 is 0. The Morgan fingerprint density at radius 3 is 2.60 bits per heavy atom. The molecule has 0 radical (unpaired) electrons. The molecule has 1 aliphatic heterocycles. The third-order valence-corrected chi connectivity index (χ3v) is 5.35. The molecule has 1 aromatic heterocycles. The van der Waals surface area contributed by atoms with Gasteiger partial charge in [0.15, 0.2) is 0 Å². The molecule has 0 spiro atoms. The smallest absolute Gasteiger partial charge is 0.227 e. The summed E-state index contributed by atoms with van der Waals surface area (Å²) in [4.78, 5) is 14.6. The van der Waals surface area contributed by atoms with Crippen LogP contribution in [0, 0.1) is 12.8 Å². The van der Waals surface area contributed by atoms with Crippen molar-refractivity contribution in [1.82, 2.24) is 14.7 Å². The SMILES string of the molecule is COc1ccccc1CC1CCN(C(=O)Cc2cnn(C)c2C)CC1. The third-order valence-electron chi connectivity index (χ3n) is 5.35. The second kappa shape index (κ2) is 7.72. The Kier molecular flexibility index (Phi) is 5.41. The van der Waals surface area contributed by atoms with Crippen molar-refractivity contribution in [1.29, 1.82) is 0 Å². The van der Waals surface area contributed by atoms with E-state index in [9.17, 15) is 4.79 Å². The van der Waals surface area contributed by atoms with Gasteiger partial charge in [-0.15, -0.1) is 0 Å². The molecule has 2 heterocycles. The number of nitrogens with zero attached hydrogens (tertiary/aromatic N) is 3. The number of ether oxygens (including phenoxy) is 1. The maximum Gasteiger partial charge on any atom is 0.227 e. The fraction of sp³-hybridized carbons (Fsp3) is 0.500. The fourth-order valence-corrected chi connectivity index (χ4v) is 3.56. The van der Waals surface area contributed by atoms with Crippen LogP contribution >= 0.6 is 0 Å². The molecule has 0 bridgehead atoms. The van der Waals surface area contributed by atoms with Crippen LogP contribution in [0.2, 0.25) is 0 Å². The van der Waals surface area contributed by atoms with E-state index in [0.29, 0.717) is 12.3 Å². The number of likely N-dealkylation sites (tertiary alicyclic amines) is 1. The summed E-state index contributed by atoms with van der Waals surface area (Å²) in [5.41, 5.74) is 3.36. The van der Waals surface area contributed by atoms with Gasteiger partial charge in [-0.05, 0) is 43.7 Å². The lowest BCUT2D eigenvalue weighted by atomic mass is 9.89. The predicted molar refractivity (Wildman–Crippen MR) is 97.7 cm³/mol. The number of methoxy groups -OCH3 is 1. The van der Waals surface area contributed by atoms with Gasteiger partial charge in [-0.3, -0.25) is 9.48 Å². The highest BCUT2D eigenvalue weighted by Gasteiger charge is 2.24. The van der Waals surface area contributed by atoms with E-state index in [0.717, 1.165) is 49.4 Å². The van der Waals surface area contributed by atoms with Crippen LogP contribution in [0.1, 0.15) is 29.7 Å². The second-order valence-electron chi connectivity index (χ2n) is 6.90. The Bertz CT molecular complexity index is 730. The van der Waals surface area contributed by atoms with Crippen molar-refractivity contribution in [2.75, 3.05) is 20.2 Å². The Labute approximate surface area is 149 Å². The van der Waals surface area contributed by atoms with Gasteiger partial charge in [-0.2, -0.15) is 5.10 Å². The molecule has 1 saturated heterocycles. The first-order valence-electron chi connectivity index (χ1n) is 8.95. The first-order chi connectivity index (χ1) is 12.1. The molecule has 2 aromatic rings. The molecule has 0 saturated carbocycles. The molecule has 5 heteroatoms. The van der Waals surface area contributed by atoms with Crippen LogP contribution in [-0.4, -0.2) is 40.8 Å². The normalized spacial score (nSPS) is 15.4. The van der Waals surface area contributed by atoms with E-state index in [1.807, 2.05) is 41.9 Å². The lowest BCUT2D eigenvalue weighted by Gasteiger charge is -2.32. The van der Waals surface area contributed by atoms with E-state index < -0.39 is 0 Å². The summed E-state index contributed by atoms with van der Waals surface area (Å²) < 4.78 is 7.27. The van der Waals surface area contributed by atoms with Crippen molar-refractivity contribution in [3.8, 4) is 5.75 Å². The average Bonchev–Trinajstić information content (AvgIpc) is 2.95. The number of hydrogen-bond donors (Lipinski definition) is 0. The molecule has 0 unspecified atom stereocenters. The minimum absolute atomic E-state index is 0.215. The van der Waals surface area contributed by atoms with Crippen LogP contribution in [0.4, 0.5) is 0 Å². The van der Waals surface area contributed by atoms with Crippen molar-refractivity contribution in [3.63, 3.8) is 0 Å². The van der Waals surface area contributed by atoms with Crippen LogP contribution in [-0.2, 0) is 24.7 Å². The summed E-state index contributed by atoms with van der Waals surface area (Å²) in [5, 5.41) is 4.22. The summed E-state index contributed by atoms with van der Waals surface area (Å²) in [6, 6.07) is 8.22. The van der Waals surface area contributed by atoms with E-state index in [1.54, 1.807) is 7.11 Å². The molecule has 25 heavy (non-hydrogen) atoms. The fourth-order valence-electron chi connectivity index (χ4n) is 3.56. The van der Waals surface area contributed by atoms with Gasteiger partial charge < -0.3 is 9.64 Å². The number of carbonyl (C=O) groups is 1. The zero-order chi connectivity index (χ0) is 17.8. The molecule has 0 aliphatic carbocycles. The molecule has 0 atom stereocenters. The highest BCUT2D eigenvalue weighted by Crippen LogP contribution is 2.27. The van der Waals surface area contributed by atoms with Gasteiger partial charge >= 0.3 is 0 Å². The average molecular weight is 341 g/mol. The molecule has 0 N–H and O–H groups in total. The number of para-hydroxylation sites is 1. The van der Waals surface area contributed by atoms with Crippen molar-refractivity contribution >= 4 is 5.91 Å². The lowest BCUT2D eigenvalue weighted by molar-refractivity contribution is -0.131. The van der Waals surface area contributed by atoms with Gasteiger partial charge in [0.05, 0.1) is 19.7 Å². The monoisotopic (exact) mass is 341 g/mol. The van der Waals surface area contributed by atoms with E-state index in [-0.39, 0.29) is 5.91 Å². The van der Waals surface area contributed by atoms with Crippen LogP contribution in [0.3, 0.4) is 0 Å². The molecular weight excluding hydrogens is 314 g/mol. The lowest BCUT2D eigenvalue weighted by Crippen LogP contribution is -2.39. The molecule has 134 valence electrons. The molecule has 5 nitrogen and oxygen atoms in total. The number of aryl methyl sites for hydroxylation is 1. The highest BCUT2D eigenvalue weighted by atomic mass is 16.5. The summed E-state index contributed by atoms with van der Waals surface area (Å²) in [6.07, 6.45) is 5.39. The van der Waals surface area contributed by atoms with E-state index in [2.05, 4.69) is 17.2 Å². The molecular formula is C20H27N3O2. The highest BCUT2D eigenvalue weighted by molar-refractivity contribution is 5.79. The number of hydrogen-bond acceptors (Lipinski definition) is 3. The largest absolute Gasteiger partial charge is 0.496 e. The quantitative estimate of drug-likeness (QED) is 0.840. The Balaban J connectivity index is 1.53. The molecule has 1 aromatic carbocycles. The number of carbonyl (C=O) groups excluding carboxylic acids is 1. The number of aromatic nitrogens is 2. The van der Waals surface area contributed by atoms with E-state index in [1.165, 1.54) is 5.56 Å². The molecule has 1 fully saturated rings. The van der Waals surface area contributed by atoms with Gasteiger partial charge in [-0.25, -0.2) is 0 Å². The van der Waals surface area contributed by atoms with Crippen molar-refractivity contribution in [2.45, 2.75) is 32.6 Å². The minimum Gasteiger partial charge on any atom is -0.496 e. The van der Waals surface area contributed by atoms with E-state index >= 15 is 0 Å². The predicted octanol–water partition coefficient (Wildman–Crippen LogP) is 2.76. The minimum atomic E-state index is 0.215. The standard InChI is InChI=1S/C20H27N3O2/c1-15-18(14-21-22(15)2)13-20(24)23-10-8-16(9-11-23)12-17-6-4-5-7-19(17)25-3/h4-7,14,16H,8-13H2,1-3H3. The van der Waals surface area contributed by atoms with Crippen LogP contribution in [0.15, 0.2) is 30.5 Å². The first kappa shape index (κ1) is 17.5. The Morgan fingerprint density at radius 2 is 1.96 bits per heavy atom. The van der Waals surface area contributed by atoms with Crippen LogP contribution in [0.5, 0.6) is 5.75 Å². The van der Waals surface area contributed by atoms with Crippen LogP contribution < -0.4 is 4.74 Å². The second-order valence-corrected chi connectivity index (χ2v) is 6.90. The van der Waals surface area contributed by atoms with Gasteiger partial charge in [-0.1, -0.05) is 18.2 Å². The Morgan fingerprint density at radius 1 is 1.24 bits per heavy atom. The van der Waals surface area contributed by atoms with Crippen molar-refractivity contribution in [2.24, 2.45) is 13.0 Å². The summed E-state index contributed by atoms with van der Waals surface area (Å²) in [6.45, 7) is 3.70. The third kappa shape index (κ3) is 4.03. The van der Waals surface area contributed by atoms with Crippen LogP contribution in [0.25, 0.3) is 0 Å². The van der Waals surface area contributed by atoms with Gasteiger partial charge in [0.1, 0.15) is 5.75 Å².